The molecule has 1 fully saturated rings. The maximum atomic E-state index is 5.56. The van der Waals surface area contributed by atoms with Crippen molar-refractivity contribution in [3.8, 4) is 0 Å². The first-order chi connectivity index (χ1) is 8.99. The van der Waals surface area contributed by atoms with Gasteiger partial charge in [0.25, 0.3) is 0 Å². The highest BCUT2D eigenvalue weighted by atomic mass is 32.1. The largest absolute Gasteiger partial charge is 0.330 e. The maximum absolute atomic E-state index is 5.56. The number of hydrogen-bond acceptors (Lipinski definition) is 5. The first kappa shape index (κ1) is 14.9. The lowest BCUT2D eigenvalue weighted by Crippen LogP contribution is -2.53. The van der Waals surface area contributed by atoms with Gasteiger partial charge in [-0.05, 0) is 27.3 Å². The van der Waals surface area contributed by atoms with Gasteiger partial charge in [0.15, 0.2) is 0 Å². The van der Waals surface area contributed by atoms with Crippen LogP contribution in [-0.4, -0.2) is 53.0 Å². The monoisotopic (exact) mass is 282 g/mol. The van der Waals surface area contributed by atoms with E-state index in [1.165, 1.54) is 10.7 Å². The van der Waals surface area contributed by atoms with Crippen LogP contribution in [0, 0.1) is 0 Å². The second kappa shape index (κ2) is 6.31. The molecule has 0 amide bonds. The summed E-state index contributed by atoms with van der Waals surface area (Å²) in [6, 6.07) is 0. The van der Waals surface area contributed by atoms with E-state index >= 15 is 0 Å². The third-order valence-corrected chi connectivity index (χ3v) is 4.62. The molecule has 0 saturated carbocycles. The first-order valence-electron chi connectivity index (χ1n) is 7.10. The molecule has 2 rings (SSSR count). The van der Waals surface area contributed by atoms with Crippen LogP contribution in [0.4, 0.5) is 0 Å². The van der Waals surface area contributed by atoms with Gasteiger partial charge in [0.1, 0.15) is 0 Å². The smallest absolute Gasteiger partial charge is 0.0941 e. The van der Waals surface area contributed by atoms with Crippen molar-refractivity contribution < 1.29 is 0 Å². The molecule has 0 unspecified atom stereocenters. The quantitative estimate of drug-likeness (QED) is 0.910. The second-order valence-corrected chi connectivity index (χ2v) is 7.15. The van der Waals surface area contributed by atoms with E-state index in [-0.39, 0.29) is 0 Å². The fraction of sp³-hybridized carbons (Fsp3) is 0.786. The summed E-state index contributed by atoms with van der Waals surface area (Å²) in [6.45, 7) is 13.2. The molecular formula is C14H26N4S. The van der Waals surface area contributed by atoms with Gasteiger partial charge in [-0.3, -0.25) is 9.80 Å². The van der Waals surface area contributed by atoms with Crippen LogP contribution in [0.1, 0.15) is 31.5 Å². The predicted octanol–water partition coefficient (Wildman–Crippen LogP) is 1.56. The summed E-state index contributed by atoms with van der Waals surface area (Å²) in [5.74, 6) is 0. The molecule has 4 nitrogen and oxygen atoms in total. The number of thiazole rings is 1. The first-order valence-corrected chi connectivity index (χ1v) is 7.98. The molecule has 0 atom stereocenters. The molecule has 0 radical (unpaired) electrons. The summed E-state index contributed by atoms with van der Waals surface area (Å²) < 4.78 is 0. The molecule has 0 aliphatic carbocycles. The van der Waals surface area contributed by atoms with Crippen LogP contribution in [-0.2, 0) is 13.0 Å². The Labute approximate surface area is 120 Å². The van der Waals surface area contributed by atoms with Gasteiger partial charge in [0.2, 0.25) is 0 Å². The molecule has 2 heterocycles. The zero-order valence-corrected chi connectivity index (χ0v) is 13.2. The van der Waals surface area contributed by atoms with Gasteiger partial charge in [0, 0.05) is 50.1 Å². The van der Waals surface area contributed by atoms with E-state index in [1.54, 1.807) is 11.3 Å². The van der Waals surface area contributed by atoms with Crippen molar-refractivity contribution >= 4 is 11.3 Å². The Balaban J connectivity index is 1.82. The van der Waals surface area contributed by atoms with Gasteiger partial charge in [-0.2, -0.15) is 0 Å². The molecule has 19 heavy (non-hydrogen) atoms. The Morgan fingerprint density at radius 1 is 1.26 bits per heavy atom. The SMILES string of the molecule is CC(C)(C)N1CCN(Cc2csc(CCN)n2)CC1. The fourth-order valence-corrected chi connectivity index (χ4v) is 3.27. The van der Waals surface area contributed by atoms with E-state index in [4.69, 9.17) is 5.73 Å². The Morgan fingerprint density at radius 3 is 2.53 bits per heavy atom. The molecule has 5 heteroatoms. The van der Waals surface area contributed by atoms with Crippen LogP contribution in [0.5, 0.6) is 0 Å². The second-order valence-electron chi connectivity index (χ2n) is 6.21. The van der Waals surface area contributed by atoms with Crippen molar-refractivity contribution in [3.63, 3.8) is 0 Å². The Kier molecular flexibility index (Phi) is 4.95. The van der Waals surface area contributed by atoms with Gasteiger partial charge in [0.05, 0.1) is 10.7 Å². The standard InChI is InChI=1S/C14H26N4S/c1-14(2,3)18-8-6-17(7-9-18)10-12-11-19-13(16-12)4-5-15/h11H,4-10,15H2,1-3H3. The molecule has 0 spiro atoms. The van der Waals surface area contributed by atoms with Crippen LogP contribution >= 0.6 is 11.3 Å². The average molecular weight is 282 g/mol. The van der Waals surface area contributed by atoms with Crippen molar-refractivity contribution in [2.45, 2.75) is 39.3 Å². The summed E-state index contributed by atoms with van der Waals surface area (Å²) >= 11 is 1.74. The number of piperazine rings is 1. The molecule has 108 valence electrons. The van der Waals surface area contributed by atoms with E-state index < -0.39 is 0 Å². The molecule has 1 saturated heterocycles. The molecule has 1 aliphatic heterocycles. The Hall–Kier alpha value is -0.490. The predicted molar refractivity (Wildman–Crippen MR) is 81.5 cm³/mol. The van der Waals surface area contributed by atoms with Crippen LogP contribution in [0.25, 0.3) is 0 Å². The van der Waals surface area contributed by atoms with Crippen molar-refractivity contribution in [1.29, 1.82) is 0 Å². The molecule has 0 bridgehead atoms. The van der Waals surface area contributed by atoms with Crippen LogP contribution in [0.3, 0.4) is 0 Å². The number of hydrogen-bond donors (Lipinski definition) is 1. The molecule has 0 aromatic carbocycles. The summed E-state index contributed by atoms with van der Waals surface area (Å²) in [5, 5.41) is 3.35. The lowest BCUT2D eigenvalue weighted by Gasteiger charge is -2.42. The summed E-state index contributed by atoms with van der Waals surface area (Å²) in [6.07, 6.45) is 0.905. The number of nitrogens with zero attached hydrogens (tertiary/aromatic N) is 3. The summed E-state index contributed by atoms with van der Waals surface area (Å²) in [7, 11) is 0. The summed E-state index contributed by atoms with van der Waals surface area (Å²) in [4.78, 5) is 9.71. The maximum Gasteiger partial charge on any atom is 0.0941 e. The van der Waals surface area contributed by atoms with E-state index in [0.29, 0.717) is 12.1 Å². The van der Waals surface area contributed by atoms with Crippen LogP contribution in [0.15, 0.2) is 5.38 Å². The molecule has 2 N–H and O–H groups in total. The van der Waals surface area contributed by atoms with Gasteiger partial charge in [-0.15, -0.1) is 11.3 Å². The zero-order chi connectivity index (χ0) is 13.9. The lowest BCUT2D eigenvalue weighted by molar-refractivity contribution is 0.0586. The van der Waals surface area contributed by atoms with Crippen molar-refractivity contribution in [2.75, 3.05) is 32.7 Å². The minimum Gasteiger partial charge on any atom is -0.330 e. The lowest BCUT2D eigenvalue weighted by atomic mass is 10.1. The molecule has 1 aromatic heterocycles. The fourth-order valence-electron chi connectivity index (χ4n) is 2.47. The van der Waals surface area contributed by atoms with E-state index in [1.807, 2.05) is 0 Å². The third-order valence-electron chi connectivity index (χ3n) is 3.66. The number of nitrogens with two attached hydrogens (primary N) is 1. The van der Waals surface area contributed by atoms with Crippen LogP contribution in [0.2, 0.25) is 0 Å². The van der Waals surface area contributed by atoms with Gasteiger partial charge < -0.3 is 5.73 Å². The number of aromatic nitrogens is 1. The topological polar surface area (TPSA) is 45.4 Å². The van der Waals surface area contributed by atoms with Gasteiger partial charge >= 0.3 is 0 Å². The van der Waals surface area contributed by atoms with Crippen molar-refractivity contribution in [3.05, 3.63) is 16.1 Å². The molecule has 1 aromatic rings. The van der Waals surface area contributed by atoms with Crippen molar-refractivity contribution in [2.24, 2.45) is 5.73 Å². The molecule has 1 aliphatic rings. The van der Waals surface area contributed by atoms with E-state index in [2.05, 4.69) is 40.9 Å². The minimum atomic E-state index is 0.293. The highest BCUT2D eigenvalue weighted by Crippen LogP contribution is 2.18. The molecular weight excluding hydrogens is 256 g/mol. The average Bonchev–Trinajstić information content (AvgIpc) is 2.77. The highest BCUT2D eigenvalue weighted by molar-refractivity contribution is 7.09. The summed E-state index contributed by atoms with van der Waals surface area (Å²) in [5.41, 5.74) is 7.06. The van der Waals surface area contributed by atoms with Crippen LogP contribution < -0.4 is 5.73 Å². The van der Waals surface area contributed by atoms with Gasteiger partial charge in [-0.1, -0.05) is 0 Å². The van der Waals surface area contributed by atoms with Gasteiger partial charge in [-0.25, -0.2) is 4.98 Å². The van der Waals surface area contributed by atoms with E-state index in [9.17, 15) is 0 Å². The Bertz CT molecular complexity index is 388. The normalized spacial score (nSPS) is 18.9. The zero-order valence-electron chi connectivity index (χ0n) is 12.4. The number of rotatable bonds is 4. The Morgan fingerprint density at radius 2 is 1.95 bits per heavy atom. The van der Waals surface area contributed by atoms with E-state index in [0.717, 1.165) is 39.1 Å². The highest BCUT2D eigenvalue weighted by Gasteiger charge is 2.25. The third kappa shape index (κ3) is 4.24. The minimum absolute atomic E-state index is 0.293. The van der Waals surface area contributed by atoms with Crippen molar-refractivity contribution in [1.82, 2.24) is 14.8 Å².